The Balaban J connectivity index is 0.000000593. The number of carboxylic acid groups (broad SMARTS) is 1. The Morgan fingerprint density at radius 2 is 1.57 bits per heavy atom. The van der Waals surface area contributed by atoms with Crippen LogP contribution in [0.25, 0.3) is 0 Å². The number of benzene rings is 2. The number of carboxylic acids is 1. The maximum absolute atomic E-state index is 12.1. The molecule has 0 unspecified atom stereocenters. The average Bonchev–Trinajstić information content (AvgIpc) is 2.39. The largest absolute Gasteiger partial charge is 0.573 e. The van der Waals surface area contributed by atoms with E-state index in [0.29, 0.717) is 11.4 Å². The number of hydrogen-bond donors (Lipinski definition) is 2. The molecule has 0 saturated carbocycles. The summed E-state index contributed by atoms with van der Waals surface area (Å²) in [6.45, 7) is 1.08. The first-order chi connectivity index (χ1) is 10.7. The number of nitrogens with two attached hydrogens (primary N) is 1. The van der Waals surface area contributed by atoms with Crippen molar-refractivity contribution in [2.24, 2.45) is 0 Å². The zero-order chi connectivity index (χ0) is 17.5. The molecule has 0 aliphatic heterocycles. The lowest BCUT2D eigenvalue weighted by Crippen LogP contribution is -2.16. The van der Waals surface area contributed by atoms with Gasteiger partial charge < -0.3 is 20.3 Å². The minimum Gasteiger partial charge on any atom is -0.481 e. The maximum atomic E-state index is 12.1. The molecule has 3 N–H and O–H groups in total. The van der Waals surface area contributed by atoms with Crippen LogP contribution in [0.15, 0.2) is 48.5 Å². The zero-order valence-electron chi connectivity index (χ0n) is 12.0. The number of ether oxygens (including phenoxy) is 2. The summed E-state index contributed by atoms with van der Waals surface area (Å²) < 4.78 is 45.4. The first-order valence-corrected chi connectivity index (χ1v) is 6.24. The van der Waals surface area contributed by atoms with Crippen LogP contribution >= 0.6 is 0 Å². The molecule has 0 amide bonds. The topological polar surface area (TPSA) is 81.8 Å². The summed E-state index contributed by atoms with van der Waals surface area (Å²) in [4.78, 5) is 9.00. The lowest BCUT2D eigenvalue weighted by atomic mass is 10.3. The van der Waals surface area contributed by atoms with Crippen LogP contribution < -0.4 is 15.2 Å². The van der Waals surface area contributed by atoms with Gasteiger partial charge in [0.15, 0.2) is 0 Å². The number of alkyl halides is 3. The molecular weight excluding hydrogens is 315 g/mol. The smallest absolute Gasteiger partial charge is 0.481 e. The standard InChI is InChI=1S/C13H10F3NO2.C2H4O2/c14-13(15,16)19-12-3-1-2-11(8-12)18-10-6-4-9(17)5-7-10;1-2(3)4/h1-8H,17H2;1H3,(H,3,4). The number of nitrogen functional groups attached to an aromatic ring is 1. The average molecular weight is 329 g/mol. The number of anilines is 1. The Bertz CT molecular complexity index is 638. The van der Waals surface area contributed by atoms with Crippen molar-refractivity contribution in [1.29, 1.82) is 0 Å². The van der Waals surface area contributed by atoms with Crippen molar-refractivity contribution in [2.45, 2.75) is 13.3 Å². The summed E-state index contributed by atoms with van der Waals surface area (Å²) in [5.74, 6) is -0.453. The summed E-state index contributed by atoms with van der Waals surface area (Å²) in [5, 5.41) is 7.42. The number of aliphatic carboxylic acids is 1. The maximum Gasteiger partial charge on any atom is 0.573 e. The van der Waals surface area contributed by atoms with Crippen molar-refractivity contribution in [1.82, 2.24) is 0 Å². The molecule has 0 atom stereocenters. The minimum atomic E-state index is -4.72. The molecule has 8 heteroatoms. The predicted octanol–water partition coefficient (Wildman–Crippen LogP) is 4.05. The molecule has 0 fully saturated rings. The SMILES string of the molecule is CC(=O)O.Nc1ccc(Oc2cccc(OC(F)(F)F)c2)cc1. The quantitative estimate of drug-likeness (QED) is 0.830. The molecule has 0 spiro atoms. The van der Waals surface area contributed by atoms with E-state index >= 15 is 0 Å². The molecule has 0 heterocycles. The second-order valence-electron chi connectivity index (χ2n) is 4.21. The van der Waals surface area contributed by atoms with Crippen LogP contribution in [-0.4, -0.2) is 17.4 Å². The van der Waals surface area contributed by atoms with Crippen molar-refractivity contribution in [3.63, 3.8) is 0 Å². The van der Waals surface area contributed by atoms with E-state index < -0.39 is 12.3 Å². The highest BCUT2D eigenvalue weighted by Crippen LogP contribution is 2.28. The fourth-order valence-corrected chi connectivity index (χ4v) is 1.41. The van der Waals surface area contributed by atoms with Crippen molar-refractivity contribution in [3.8, 4) is 17.2 Å². The van der Waals surface area contributed by atoms with E-state index in [1.807, 2.05) is 0 Å². The van der Waals surface area contributed by atoms with Gasteiger partial charge in [-0.15, -0.1) is 13.2 Å². The zero-order valence-corrected chi connectivity index (χ0v) is 12.0. The Morgan fingerprint density at radius 3 is 2.09 bits per heavy atom. The van der Waals surface area contributed by atoms with Crippen molar-refractivity contribution in [2.75, 3.05) is 5.73 Å². The van der Waals surface area contributed by atoms with Gasteiger partial charge in [-0.25, -0.2) is 0 Å². The second-order valence-corrected chi connectivity index (χ2v) is 4.21. The van der Waals surface area contributed by atoms with Gasteiger partial charge in [-0.05, 0) is 36.4 Å². The highest BCUT2D eigenvalue weighted by atomic mass is 19.4. The van der Waals surface area contributed by atoms with E-state index in [0.717, 1.165) is 13.0 Å². The number of carbonyl (C=O) groups is 1. The van der Waals surface area contributed by atoms with Gasteiger partial charge in [0, 0.05) is 18.7 Å². The van der Waals surface area contributed by atoms with Crippen LogP contribution in [-0.2, 0) is 4.79 Å². The van der Waals surface area contributed by atoms with Gasteiger partial charge in [-0.3, -0.25) is 4.79 Å². The van der Waals surface area contributed by atoms with Crippen LogP contribution in [0.5, 0.6) is 17.2 Å². The lowest BCUT2D eigenvalue weighted by molar-refractivity contribution is -0.274. The fourth-order valence-electron chi connectivity index (χ4n) is 1.41. The van der Waals surface area contributed by atoms with E-state index in [-0.39, 0.29) is 11.5 Å². The van der Waals surface area contributed by atoms with Crippen molar-refractivity contribution in [3.05, 3.63) is 48.5 Å². The Kier molecular flexibility index (Phi) is 6.25. The molecular formula is C15H14F3NO4. The lowest BCUT2D eigenvalue weighted by Gasteiger charge is -2.10. The molecule has 2 aromatic carbocycles. The highest BCUT2D eigenvalue weighted by Gasteiger charge is 2.31. The second kappa shape index (κ2) is 7.92. The van der Waals surface area contributed by atoms with E-state index in [1.165, 1.54) is 18.2 Å². The Hall–Kier alpha value is -2.90. The van der Waals surface area contributed by atoms with E-state index in [4.69, 9.17) is 20.4 Å². The van der Waals surface area contributed by atoms with Crippen LogP contribution in [0.4, 0.5) is 18.9 Å². The summed E-state index contributed by atoms with van der Waals surface area (Å²) in [6.07, 6.45) is -4.72. The number of hydrogen-bond acceptors (Lipinski definition) is 4. The molecule has 0 bridgehead atoms. The molecule has 124 valence electrons. The molecule has 0 aliphatic carbocycles. The van der Waals surface area contributed by atoms with E-state index in [1.54, 1.807) is 24.3 Å². The van der Waals surface area contributed by atoms with Crippen molar-refractivity contribution >= 4 is 11.7 Å². The molecule has 2 rings (SSSR count). The Morgan fingerprint density at radius 1 is 1.04 bits per heavy atom. The third kappa shape index (κ3) is 8.20. The fraction of sp³-hybridized carbons (Fsp3) is 0.133. The normalized spacial score (nSPS) is 10.3. The monoisotopic (exact) mass is 329 g/mol. The van der Waals surface area contributed by atoms with Gasteiger partial charge in [0.2, 0.25) is 0 Å². The summed E-state index contributed by atoms with van der Waals surface area (Å²) in [7, 11) is 0. The van der Waals surface area contributed by atoms with E-state index in [9.17, 15) is 13.2 Å². The van der Waals surface area contributed by atoms with Gasteiger partial charge in [-0.1, -0.05) is 6.07 Å². The molecule has 23 heavy (non-hydrogen) atoms. The van der Waals surface area contributed by atoms with Gasteiger partial charge in [0.05, 0.1) is 0 Å². The highest BCUT2D eigenvalue weighted by molar-refractivity contribution is 5.62. The molecule has 5 nitrogen and oxygen atoms in total. The molecule has 0 radical (unpaired) electrons. The van der Waals surface area contributed by atoms with Crippen LogP contribution in [0.3, 0.4) is 0 Å². The predicted molar refractivity (Wildman–Crippen MR) is 77.4 cm³/mol. The number of rotatable bonds is 3. The first-order valence-electron chi connectivity index (χ1n) is 6.24. The molecule has 0 aliphatic rings. The van der Waals surface area contributed by atoms with Crippen LogP contribution in [0.1, 0.15) is 6.92 Å². The summed E-state index contributed by atoms with van der Waals surface area (Å²) in [6, 6.07) is 11.8. The summed E-state index contributed by atoms with van der Waals surface area (Å²) in [5.41, 5.74) is 6.08. The summed E-state index contributed by atoms with van der Waals surface area (Å²) >= 11 is 0. The van der Waals surface area contributed by atoms with Gasteiger partial charge in [0.1, 0.15) is 17.2 Å². The van der Waals surface area contributed by atoms with E-state index in [2.05, 4.69) is 4.74 Å². The molecule has 0 saturated heterocycles. The third-order valence-electron chi connectivity index (χ3n) is 2.15. The molecule has 2 aromatic rings. The number of halogens is 3. The molecule has 0 aromatic heterocycles. The third-order valence-corrected chi connectivity index (χ3v) is 2.15. The van der Waals surface area contributed by atoms with Crippen LogP contribution in [0, 0.1) is 0 Å². The van der Waals surface area contributed by atoms with Gasteiger partial charge in [0.25, 0.3) is 5.97 Å². The Labute approximate surface area is 130 Å². The van der Waals surface area contributed by atoms with Gasteiger partial charge in [-0.2, -0.15) is 0 Å². The van der Waals surface area contributed by atoms with Crippen molar-refractivity contribution < 1.29 is 32.5 Å². The van der Waals surface area contributed by atoms with Crippen LogP contribution in [0.2, 0.25) is 0 Å². The first kappa shape index (κ1) is 18.1. The van der Waals surface area contributed by atoms with Gasteiger partial charge >= 0.3 is 6.36 Å². The minimum absolute atomic E-state index is 0.242.